The van der Waals surface area contributed by atoms with Crippen LogP contribution < -0.4 is 4.74 Å². The highest BCUT2D eigenvalue weighted by Gasteiger charge is 2.26. The fraction of sp³-hybridized carbons (Fsp3) is 0.273. The summed E-state index contributed by atoms with van der Waals surface area (Å²) in [4.78, 5) is 19.2. The molecule has 1 aromatic heterocycles. The molecule has 0 atom stereocenters. The van der Waals surface area contributed by atoms with Gasteiger partial charge in [0.05, 0.1) is 25.8 Å². The zero-order chi connectivity index (χ0) is 22.0. The summed E-state index contributed by atoms with van der Waals surface area (Å²) >= 11 is 25.7. The Hall–Kier alpha value is -1.50. The maximum atomic E-state index is 12.5. The third-order valence-corrected chi connectivity index (χ3v) is 7.46. The van der Waals surface area contributed by atoms with Crippen molar-refractivity contribution in [3.05, 3.63) is 66.9 Å². The summed E-state index contributed by atoms with van der Waals surface area (Å²) in [6.07, 6.45) is 1.73. The number of hydrogen-bond acceptors (Lipinski definition) is 4. The predicted octanol–water partition coefficient (Wildman–Crippen LogP) is 7.21. The molecule has 0 unspecified atom stereocenters. The van der Waals surface area contributed by atoms with Crippen molar-refractivity contribution in [2.24, 2.45) is 0 Å². The maximum Gasteiger partial charge on any atom is 0.260 e. The molecule has 4 nitrogen and oxygen atoms in total. The first-order chi connectivity index (χ1) is 14.9. The van der Waals surface area contributed by atoms with Crippen molar-refractivity contribution in [2.45, 2.75) is 18.8 Å². The second-order valence-electron chi connectivity index (χ2n) is 7.22. The molecule has 0 N–H and O–H groups in total. The van der Waals surface area contributed by atoms with Crippen molar-refractivity contribution in [3.8, 4) is 17.0 Å². The van der Waals surface area contributed by atoms with Crippen LogP contribution in [-0.4, -0.2) is 35.5 Å². The minimum atomic E-state index is -0.0555. The summed E-state index contributed by atoms with van der Waals surface area (Å²) in [6, 6.07) is 10.5. The van der Waals surface area contributed by atoms with Crippen LogP contribution in [0.15, 0.2) is 41.8 Å². The molecule has 0 bridgehead atoms. The molecule has 1 aliphatic heterocycles. The van der Waals surface area contributed by atoms with E-state index in [1.165, 1.54) is 0 Å². The van der Waals surface area contributed by atoms with Gasteiger partial charge in [0.25, 0.3) is 5.91 Å². The molecule has 1 amide bonds. The quantitative estimate of drug-likeness (QED) is 0.360. The largest absolute Gasteiger partial charge is 0.482 e. The molecule has 162 valence electrons. The minimum absolute atomic E-state index is 0.0508. The molecule has 2 heterocycles. The molecule has 4 rings (SSSR count). The fourth-order valence-electron chi connectivity index (χ4n) is 3.46. The number of rotatable bonds is 5. The van der Waals surface area contributed by atoms with Gasteiger partial charge in [0.15, 0.2) is 6.61 Å². The highest BCUT2D eigenvalue weighted by Crippen LogP contribution is 2.35. The number of aromatic nitrogens is 1. The molecule has 0 saturated carbocycles. The van der Waals surface area contributed by atoms with Crippen LogP contribution in [0.5, 0.6) is 5.75 Å². The van der Waals surface area contributed by atoms with Crippen LogP contribution in [0, 0.1) is 0 Å². The van der Waals surface area contributed by atoms with Crippen molar-refractivity contribution >= 4 is 63.6 Å². The van der Waals surface area contributed by atoms with E-state index in [0.717, 1.165) is 29.1 Å². The summed E-state index contributed by atoms with van der Waals surface area (Å²) in [6.45, 7) is 1.29. The fourth-order valence-corrected chi connectivity index (χ4v) is 5.22. The molecule has 1 fully saturated rings. The van der Waals surface area contributed by atoms with E-state index in [0.29, 0.717) is 44.8 Å². The summed E-state index contributed by atoms with van der Waals surface area (Å²) in [5, 5.41) is 5.08. The highest BCUT2D eigenvalue weighted by molar-refractivity contribution is 7.10. The number of likely N-dealkylation sites (tertiary alicyclic amines) is 1. The second kappa shape index (κ2) is 9.97. The van der Waals surface area contributed by atoms with Crippen LogP contribution in [0.1, 0.15) is 23.8 Å². The highest BCUT2D eigenvalue weighted by atomic mass is 35.5. The average molecular weight is 516 g/mol. The SMILES string of the molecule is O=C(COc1ccc(Cl)cc1Cl)N1CCC(c2nc(-c3ccc(Cl)c(Cl)c3)cs2)CC1. The number of amides is 1. The van der Waals surface area contributed by atoms with Crippen molar-refractivity contribution in [3.63, 3.8) is 0 Å². The molecule has 31 heavy (non-hydrogen) atoms. The maximum absolute atomic E-state index is 12.5. The number of hydrogen-bond donors (Lipinski definition) is 0. The number of carbonyl (C=O) groups is 1. The number of halogens is 4. The third kappa shape index (κ3) is 5.47. The normalized spacial score (nSPS) is 14.6. The van der Waals surface area contributed by atoms with Crippen LogP contribution in [0.25, 0.3) is 11.3 Å². The third-order valence-electron chi connectivity index (χ3n) is 5.18. The Morgan fingerprint density at radius 3 is 2.52 bits per heavy atom. The Kier molecular flexibility index (Phi) is 7.29. The van der Waals surface area contributed by atoms with Crippen LogP contribution in [0.2, 0.25) is 20.1 Å². The summed E-state index contributed by atoms with van der Waals surface area (Å²) < 4.78 is 5.58. The number of piperidine rings is 1. The second-order valence-corrected chi connectivity index (χ2v) is 9.77. The van der Waals surface area contributed by atoms with E-state index >= 15 is 0 Å². The van der Waals surface area contributed by atoms with Gasteiger partial charge >= 0.3 is 0 Å². The van der Waals surface area contributed by atoms with E-state index in [1.807, 2.05) is 22.4 Å². The Balaban J connectivity index is 1.32. The van der Waals surface area contributed by atoms with E-state index in [9.17, 15) is 4.79 Å². The van der Waals surface area contributed by atoms with Gasteiger partial charge in [-0.1, -0.05) is 52.5 Å². The lowest BCUT2D eigenvalue weighted by Gasteiger charge is -2.31. The van der Waals surface area contributed by atoms with Crippen LogP contribution in [0.4, 0.5) is 0 Å². The van der Waals surface area contributed by atoms with Gasteiger partial charge < -0.3 is 9.64 Å². The standard InChI is InChI=1S/C22H18Cl4N2O2S/c23-15-2-4-20(18(26)10-15)30-11-21(29)28-7-5-13(6-8-28)22-27-19(12-31-22)14-1-3-16(24)17(25)9-14/h1-4,9-10,12-13H,5-8,11H2. The van der Waals surface area contributed by atoms with E-state index in [1.54, 1.807) is 35.6 Å². The van der Waals surface area contributed by atoms with Crippen LogP contribution in [0.3, 0.4) is 0 Å². The van der Waals surface area contributed by atoms with E-state index in [4.69, 9.17) is 56.1 Å². The zero-order valence-corrected chi connectivity index (χ0v) is 20.1. The Labute approximate surface area is 204 Å². The molecule has 2 aromatic carbocycles. The number of thiazole rings is 1. The molecule has 1 saturated heterocycles. The van der Waals surface area contributed by atoms with Crippen molar-refractivity contribution in [1.29, 1.82) is 0 Å². The van der Waals surface area contributed by atoms with Gasteiger partial charge in [0, 0.05) is 35.0 Å². The lowest BCUT2D eigenvalue weighted by atomic mass is 9.97. The summed E-state index contributed by atoms with van der Waals surface area (Å²) in [5.41, 5.74) is 1.84. The summed E-state index contributed by atoms with van der Waals surface area (Å²) in [7, 11) is 0. The average Bonchev–Trinajstić information content (AvgIpc) is 3.25. The molecule has 0 radical (unpaired) electrons. The Bertz CT molecular complexity index is 1100. The number of ether oxygens (including phenoxy) is 1. The first kappa shape index (κ1) is 22.7. The first-order valence-corrected chi connectivity index (χ1v) is 12.1. The molecule has 3 aromatic rings. The molecule has 0 aliphatic carbocycles. The van der Waals surface area contributed by atoms with E-state index < -0.39 is 0 Å². The number of carbonyl (C=O) groups excluding carboxylic acids is 1. The van der Waals surface area contributed by atoms with Gasteiger partial charge in [-0.15, -0.1) is 11.3 Å². The monoisotopic (exact) mass is 514 g/mol. The molecule has 0 spiro atoms. The lowest BCUT2D eigenvalue weighted by Crippen LogP contribution is -2.40. The Morgan fingerprint density at radius 1 is 1.03 bits per heavy atom. The van der Waals surface area contributed by atoms with Crippen LogP contribution >= 0.6 is 57.7 Å². The van der Waals surface area contributed by atoms with Gasteiger partial charge in [-0.05, 0) is 43.2 Å². The lowest BCUT2D eigenvalue weighted by molar-refractivity contribution is -0.134. The first-order valence-electron chi connectivity index (χ1n) is 9.67. The van der Waals surface area contributed by atoms with E-state index in [2.05, 4.69) is 0 Å². The predicted molar refractivity (Wildman–Crippen MR) is 128 cm³/mol. The van der Waals surface area contributed by atoms with Crippen molar-refractivity contribution in [2.75, 3.05) is 19.7 Å². The minimum Gasteiger partial charge on any atom is -0.482 e. The number of benzene rings is 2. The van der Waals surface area contributed by atoms with Gasteiger partial charge in [-0.3, -0.25) is 4.79 Å². The van der Waals surface area contributed by atoms with Gasteiger partial charge in [-0.25, -0.2) is 4.98 Å². The van der Waals surface area contributed by atoms with Crippen molar-refractivity contribution in [1.82, 2.24) is 9.88 Å². The van der Waals surface area contributed by atoms with Crippen LogP contribution in [-0.2, 0) is 4.79 Å². The van der Waals surface area contributed by atoms with E-state index in [-0.39, 0.29) is 12.5 Å². The van der Waals surface area contributed by atoms with Crippen molar-refractivity contribution < 1.29 is 9.53 Å². The molecular formula is C22H18Cl4N2O2S. The number of nitrogens with zero attached hydrogens (tertiary/aromatic N) is 2. The van der Waals surface area contributed by atoms with Gasteiger partial charge in [0.1, 0.15) is 5.75 Å². The Morgan fingerprint density at radius 2 is 1.81 bits per heavy atom. The molecule has 1 aliphatic rings. The molecular weight excluding hydrogens is 498 g/mol. The van der Waals surface area contributed by atoms with Gasteiger partial charge in [0.2, 0.25) is 0 Å². The topological polar surface area (TPSA) is 42.4 Å². The van der Waals surface area contributed by atoms with Gasteiger partial charge in [-0.2, -0.15) is 0 Å². The summed E-state index contributed by atoms with van der Waals surface area (Å²) in [5.74, 6) is 0.726. The zero-order valence-electron chi connectivity index (χ0n) is 16.3. The molecule has 9 heteroatoms. The smallest absolute Gasteiger partial charge is 0.260 e.